The lowest BCUT2D eigenvalue weighted by molar-refractivity contribution is 0.177. The molecule has 0 amide bonds. The number of nitrogen functional groups attached to an aromatic ring is 1. The van der Waals surface area contributed by atoms with E-state index in [2.05, 4.69) is 37.3 Å². The van der Waals surface area contributed by atoms with Crippen LogP contribution in [0.2, 0.25) is 0 Å². The predicted octanol–water partition coefficient (Wildman–Crippen LogP) is 1.34. The largest absolute Gasteiger partial charge is 0.412 e. The maximum absolute atomic E-state index is 5.99. The normalized spacial score (nSPS) is 16.2. The number of amidine groups is 1. The Labute approximate surface area is 142 Å². The Morgan fingerprint density at radius 1 is 1.30 bits per heavy atom. The fraction of sp³-hybridized carbons (Fsp3) is 0.375. The second kappa shape index (κ2) is 8.05. The van der Waals surface area contributed by atoms with E-state index in [9.17, 15) is 0 Å². The molecule has 0 saturated carbocycles. The Morgan fingerprint density at radius 3 is 2.70 bits per heavy atom. The molecule has 1 fully saturated rings. The van der Waals surface area contributed by atoms with Crippen LogP contribution in [0.15, 0.2) is 40.8 Å². The molecule has 3 rings (SSSR count). The van der Waals surface area contributed by atoms with Crippen LogP contribution in [0.5, 0.6) is 0 Å². The quantitative estimate of drug-likeness (QED) is 0.677. The first-order chi connectivity index (χ1) is 10.8. The van der Waals surface area contributed by atoms with Gasteiger partial charge in [0.05, 0.1) is 5.56 Å². The summed E-state index contributed by atoms with van der Waals surface area (Å²) in [5.41, 5.74) is 6.92. The summed E-state index contributed by atoms with van der Waals surface area (Å²) >= 11 is 1.82. The van der Waals surface area contributed by atoms with Gasteiger partial charge in [0.15, 0.2) is 0 Å². The molecule has 6 nitrogen and oxygen atoms in total. The van der Waals surface area contributed by atoms with Gasteiger partial charge in [-0.2, -0.15) is 0 Å². The Kier molecular flexibility index (Phi) is 6.09. The summed E-state index contributed by atoms with van der Waals surface area (Å²) in [4.78, 5) is 14.8. The number of rotatable bonds is 3. The van der Waals surface area contributed by atoms with Crippen LogP contribution < -0.4 is 5.73 Å². The number of hydrogen-bond donors (Lipinski definition) is 1. The topological polar surface area (TPSA) is 89.2 Å². The van der Waals surface area contributed by atoms with Gasteiger partial charge in [0.2, 0.25) is 0 Å². The van der Waals surface area contributed by atoms with Crippen LogP contribution in [0.1, 0.15) is 11.9 Å². The van der Waals surface area contributed by atoms with Crippen molar-refractivity contribution in [2.45, 2.75) is 6.54 Å². The molecule has 2 aromatic heterocycles. The van der Waals surface area contributed by atoms with E-state index in [1.807, 2.05) is 30.5 Å². The first kappa shape index (κ1) is 17.4. The molecular weight excluding hydrogens is 310 g/mol. The summed E-state index contributed by atoms with van der Waals surface area (Å²) in [6.45, 7) is 5.05. The summed E-state index contributed by atoms with van der Waals surface area (Å²) in [6, 6.07) is 8.21. The van der Waals surface area contributed by atoms with E-state index < -0.39 is 0 Å². The number of thiophene rings is 1. The molecule has 23 heavy (non-hydrogen) atoms. The van der Waals surface area contributed by atoms with Gasteiger partial charge in [-0.25, -0.2) is 4.98 Å². The van der Waals surface area contributed by atoms with Gasteiger partial charge in [-0.15, -0.1) is 11.3 Å². The summed E-state index contributed by atoms with van der Waals surface area (Å²) in [5.74, 6) is 1.49. The third kappa shape index (κ3) is 4.07. The SMILES string of the molecule is CN=C(c1cccnc1N)N1CCN(Cc2cccs2)CC1.O.[HH]. The number of hydrogen-bond acceptors (Lipinski definition) is 5. The average Bonchev–Trinajstić information content (AvgIpc) is 3.04. The van der Waals surface area contributed by atoms with Crippen LogP contribution in [0, 0.1) is 0 Å². The fourth-order valence-electron chi connectivity index (χ4n) is 2.78. The minimum Gasteiger partial charge on any atom is -0.412 e. The van der Waals surface area contributed by atoms with E-state index in [4.69, 9.17) is 5.73 Å². The highest BCUT2D eigenvalue weighted by Crippen LogP contribution is 2.16. The number of pyridine rings is 1. The van der Waals surface area contributed by atoms with Crippen molar-refractivity contribution in [3.05, 3.63) is 46.3 Å². The smallest absolute Gasteiger partial charge is 0.134 e. The summed E-state index contributed by atoms with van der Waals surface area (Å²) in [5, 5.41) is 2.14. The highest BCUT2D eigenvalue weighted by Gasteiger charge is 2.22. The molecule has 0 aliphatic carbocycles. The third-order valence-corrected chi connectivity index (χ3v) is 4.78. The number of piperazine rings is 1. The van der Waals surface area contributed by atoms with Crippen molar-refractivity contribution < 1.29 is 6.90 Å². The molecule has 0 atom stereocenters. The molecule has 2 aromatic rings. The van der Waals surface area contributed by atoms with Gasteiger partial charge in [-0.1, -0.05) is 6.07 Å². The predicted molar refractivity (Wildman–Crippen MR) is 98.0 cm³/mol. The number of aromatic nitrogens is 1. The van der Waals surface area contributed by atoms with Gasteiger partial charge < -0.3 is 16.1 Å². The van der Waals surface area contributed by atoms with Crippen molar-refractivity contribution in [2.75, 3.05) is 39.0 Å². The first-order valence-corrected chi connectivity index (χ1v) is 8.33. The van der Waals surface area contributed by atoms with Crippen molar-refractivity contribution in [1.29, 1.82) is 0 Å². The van der Waals surface area contributed by atoms with Crippen LogP contribution in [0.4, 0.5) is 5.82 Å². The van der Waals surface area contributed by atoms with Crippen LogP contribution in [0.3, 0.4) is 0 Å². The van der Waals surface area contributed by atoms with Crippen molar-refractivity contribution >= 4 is 23.0 Å². The van der Waals surface area contributed by atoms with Crippen LogP contribution in [0.25, 0.3) is 0 Å². The highest BCUT2D eigenvalue weighted by atomic mass is 32.1. The van der Waals surface area contributed by atoms with E-state index in [1.165, 1.54) is 4.88 Å². The Balaban J connectivity index is 0.00000144. The molecular formula is C16H25N5OS. The van der Waals surface area contributed by atoms with Gasteiger partial charge in [0, 0.05) is 52.3 Å². The van der Waals surface area contributed by atoms with Crippen molar-refractivity contribution in [3.63, 3.8) is 0 Å². The lowest BCUT2D eigenvalue weighted by Crippen LogP contribution is -2.48. The van der Waals surface area contributed by atoms with E-state index >= 15 is 0 Å². The monoisotopic (exact) mass is 335 g/mol. The molecule has 3 heterocycles. The second-order valence-corrected chi connectivity index (χ2v) is 6.36. The second-order valence-electron chi connectivity index (χ2n) is 5.33. The zero-order chi connectivity index (χ0) is 15.4. The summed E-state index contributed by atoms with van der Waals surface area (Å²) < 4.78 is 0. The maximum atomic E-state index is 5.99. The number of anilines is 1. The maximum Gasteiger partial charge on any atom is 0.134 e. The Bertz CT molecular complexity index is 642. The van der Waals surface area contributed by atoms with E-state index in [0.717, 1.165) is 44.1 Å². The molecule has 0 spiro atoms. The zero-order valence-corrected chi connectivity index (χ0v) is 14.1. The van der Waals surface area contributed by atoms with Gasteiger partial charge in [-0.3, -0.25) is 9.89 Å². The standard InChI is InChI=1S/C16H21N5S.H2O.H2/c1-18-16(14-5-2-6-19-15(14)17)21-9-7-20(8-10-21)12-13-4-3-11-22-13;;/h2-6,11H,7-10,12H2,1H3,(H2,17,19);1H2;1H. The molecule has 1 saturated heterocycles. The molecule has 126 valence electrons. The number of nitrogens with zero attached hydrogens (tertiary/aromatic N) is 4. The zero-order valence-electron chi connectivity index (χ0n) is 13.3. The molecule has 1 aliphatic heterocycles. The Morgan fingerprint density at radius 2 is 2.09 bits per heavy atom. The summed E-state index contributed by atoms with van der Waals surface area (Å²) in [6.07, 6.45) is 1.71. The van der Waals surface area contributed by atoms with Crippen molar-refractivity contribution in [1.82, 2.24) is 14.8 Å². The van der Waals surface area contributed by atoms with Gasteiger partial charge >= 0.3 is 0 Å². The lowest BCUT2D eigenvalue weighted by Gasteiger charge is -2.36. The molecule has 7 heteroatoms. The molecule has 0 aromatic carbocycles. The fourth-order valence-corrected chi connectivity index (χ4v) is 3.53. The van der Waals surface area contributed by atoms with Gasteiger partial charge in [0.1, 0.15) is 11.7 Å². The average molecular weight is 335 g/mol. The molecule has 0 unspecified atom stereocenters. The molecule has 4 N–H and O–H groups in total. The van der Waals surface area contributed by atoms with Crippen LogP contribution in [-0.2, 0) is 6.54 Å². The first-order valence-electron chi connectivity index (χ1n) is 7.45. The van der Waals surface area contributed by atoms with E-state index in [0.29, 0.717) is 5.82 Å². The third-order valence-electron chi connectivity index (χ3n) is 3.92. The lowest BCUT2D eigenvalue weighted by atomic mass is 10.2. The van der Waals surface area contributed by atoms with E-state index in [1.54, 1.807) is 6.20 Å². The number of aliphatic imine (C=N–C) groups is 1. The molecule has 0 radical (unpaired) electrons. The van der Waals surface area contributed by atoms with Crippen LogP contribution in [-0.4, -0.2) is 59.3 Å². The molecule has 0 bridgehead atoms. The Hall–Kier alpha value is -1.96. The summed E-state index contributed by atoms with van der Waals surface area (Å²) in [7, 11) is 1.82. The highest BCUT2D eigenvalue weighted by molar-refractivity contribution is 7.09. The molecule has 1 aliphatic rings. The number of nitrogens with two attached hydrogens (primary N) is 1. The minimum atomic E-state index is 0. The van der Waals surface area contributed by atoms with Crippen molar-refractivity contribution in [3.8, 4) is 0 Å². The van der Waals surface area contributed by atoms with Crippen LogP contribution >= 0.6 is 11.3 Å². The van der Waals surface area contributed by atoms with Gasteiger partial charge in [-0.05, 0) is 23.6 Å². The van der Waals surface area contributed by atoms with E-state index in [-0.39, 0.29) is 6.90 Å². The van der Waals surface area contributed by atoms with Crippen molar-refractivity contribution in [2.24, 2.45) is 4.99 Å². The van der Waals surface area contributed by atoms with Gasteiger partial charge in [0.25, 0.3) is 0 Å². The minimum absolute atomic E-state index is 0.